The molecule has 6 nitrogen and oxygen atoms in total. The standard InChI is InChI=1S/C17H24N2O4S2/c1-5-9-13(2)18-24(20,21)17-12-14(3)19(15(17)4)25(22,23)16-10-7-6-8-11-16/h6-8,10-13,18H,5,9H2,1-4H3. The summed E-state index contributed by atoms with van der Waals surface area (Å²) in [5.41, 5.74) is 0.530. The summed E-state index contributed by atoms with van der Waals surface area (Å²) in [6.07, 6.45) is 1.56. The van der Waals surface area contributed by atoms with Crippen molar-refractivity contribution < 1.29 is 16.8 Å². The van der Waals surface area contributed by atoms with Crippen LogP contribution in [0.3, 0.4) is 0 Å². The third-order valence-electron chi connectivity index (χ3n) is 3.97. The molecule has 2 aromatic rings. The Morgan fingerprint density at radius 1 is 1.08 bits per heavy atom. The zero-order valence-electron chi connectivity index (χ0n) is 14.9. The molecule has 0 amide bonds. The van der Waals surface area contributed by atoms with Crippen LogP contribution in [0.25, 0.3) is 0 Å². The quantitative estimate of drug-likeness (QED) is 0.795. The molecular weight excluding hydrogens is 360 g/mol. The van der Waals surface area contributed by atoms with E-state index < -0.39 is 20.0 Å². The van der Waals surface area contributed by atoms with Crippen LogP contribution in [-0.4, -0.2) is 26.8 Å². The third-order valence-corrected chi connectivity index (χ3v) is 7.59. The molecule has 0 fully saturated rings. The molecule has 2 rings (SSSR count). The van der Waals surface area contributed by atoms with E-state index in [1.807, 2.05) is 6.92 Å². The molecule has 1 aromatic carbocycles. The van der Waals surface area contributed by atoms with Gasteiger partial charge in [0.05, 0.1) is 10.6 Å². The molecule has 1 atom stereocenters. The number of nitrogens with zero attached hydrogens (tertiary/aromatic N) is 1. The Kier molecular flexibility index (Phi) is 5.75. The lowest BCUT2D eigenvalue weighted by atomic mass is 10.2. The highest BCUT2D eigenvalue weighted by atomic mass is 32.2. The summed E-state index contributed by atoms with van der Waals surface area (Å²) in [7, 11) is -7.65. The Morgan fingerprint density at radius 3 is 2.24 bits per heavy atom. The molecule has 0 radical (unpaired) electrons. The number of nitrogens with one attached hydrogen (secondary N) is 1. The van der Waals surface area contributed by atoms with Crippen molar-refractivity contribution in [1.29, 1.82) is 0 Å². The van der Waals surface area contributed by atoms with E-state index in [-0.39, 0.29) is 21.5 Å². The molecule has 0 aliphatic heterocycles. The Bertz CT molecular complexity index is 946. The summed E-state index contributed by atoms with van der Waals surface area (Å²) in [6, 6.07) is 9.15. The van der Waals surface area contributed by atoms with E-state index in [2.05, 4.69) is 4.72 Å². The number of hydrogen-bond acceptors (Lipinski definition) is 4. The second-order valence-corrected chi connectivity index (χ2v) is 9.60. The van der Waals surface area contributed by atoms with Gasteiger partial charge >= 0.3 is 0 Å². The van der Waals surface area contributed by atoms with Crippen LogP contribution < -0.4 is 4.72 Å². The van der Waals surface area contributed by atoms with Gasteiger partial charge in [0, 0.05) is 11.7 Å². The number of aryl methyl sites for hydroxylation is 1. The van der Waals surface area contributed by atoms with Crippen LogP contribution in [0.2, 0.25) is 0 Å². The SMILES string of the molecule is CCCC(C)NS(=O)(=O)c1cc(C)n(S(=O)(=O)c2ccccc2)c1C. The summed E-state index contributed by atoms with van der Waals surface area (Å²) < 4.78 is 54.8. The fraction of sp³-hybridized carbons (Fsp3) is 0.412. The molecule has 0 saturated carbocycles. The van der Waals surface area contributed by atoms with Crippen molar-refractivity contribution in [1.82, 2.24) is 8.69 Å². The van der Waals surface area contributed by atoms with Crippen molar-refractivity contribution in [2.24, 2.45) is 0 Å². The predicted octanol–water partition coefficient (Wildman–Crippen LogP) is 2.81. The molecule has 1 aromatic heterocycles. The molecule has 0 bridgehead atoms. The van der Waals surface area contributed by atoms with Crippen molar-refractivity contribution in [2.45, 2.75) is 56.4 Å². The van der Waals surface area contributed by atoms with Crippen LogP contribution in [0, 0.1) is 13.8 Å². The van der Waals surface area contributed by atoms with Crippen molar-refractivity contribution in [3.05, 3.63) is 47.8 Å². The van der Waals surface area contributed by atoms with Crippen LogP contribution in [0.15, 0.2) is 46.2 Å². The second-order valence-electron chi connectivity index (χ2n) is 6.13. The lowest BCUT2D eigenvalue weighted by molar-refractivity contribution is 0.543. The van der Waals surface area contributed by atoms with E-state index >= 15 is 0 Å². The van der Waals surface area contributed by atoms with Gasteiger partial charge in [-0.15, -0.1) is 0 Å². The van der Waals surface area contributed by atoms with Crippen molar-refractivity contribution in [3.63, 3.8) is 0 Å². The minimum atomic E-state index is -3.85. The summed E-state index contributed by atoms with van der Waals surface area (Å²) in [5.74, 6) is 0. The third kappa shape index (κ3) is 3.96. The Hall–Kier alpha value is -1.64. The van der Waals surface area contributed by atoms with E-state index in [0.29, 0.717) is 12.1 Å². The first kappa shape index (κ1) is 19.7. The number of hydrogen-bond donors (Lipinski definition) is 1. The average Bonchev–Trinajstić information content (AvgIpc) is 2.84. The molecule has 8 heteroatoms. The fourth-order valence-electron chi connectivity index (χ4n) is 2.88. The van der Waals surface area contributed by atoms with Crippen LogP contribution >= 0.6 is 0 Å². The van der Waals surface area contributed by atoms with Crippen molar-refractivity contribution in [3.8, 4) is 0 Å². The van der Waals surface area contributed by atoms with Crippen LogP contribution in [-0.2, 0) is 20.0 Å². The van der Waals surface area contributed by atoms with Gasteiger partial charge in [-0.3, -0.25) is 0 Å². The largest absolute Gasteiger partial charge is 0.268 e. The van der Waals surface area contributed by atoms with Gasteiger partial charge in [-0.05, 0) is 45.4 Å². The van der Waals surface area contributed by atoms with Crippen molar-refractivity contribution >= 4 is 20.0 Å². The lowest BCUT2D eigenvalue weighted by Crippen LogP contribution is -2.32. The molecule has 25 heavy (non-hydrogen) atoms. The molecule has 0 spiro atoms. The van der Waals surface area contributed by atoms with Crippen molar-refractivity contribution in [2.75, 3.05) is 0 Å². The molecular formula is C17H24N2O4S2. The number of sulfonamides is 1. The minimum Gasteiger partial charge on any atom is -0.242 e. The van der Waals surface area contributed by atoms with Gasteiger partial charge in [-0.2, -0.15) is 0 Å². The number of rotatable bonds is 7. The smallest absolute Gasteiger partial charge is 0.242 e. The van der Waals surface area contributed by atoms with E-state index in [9.17, 15) is 16.8 Å². The maximum Gasteiger partial charge on any atom is 0.268 e. The Balaban J connectivity index is 2.52. The highest BCUT2D eigenvalue weighted by molar-refractivity contribution is 7.90. The Labute approximate surface area is 150 Å². The molecule has 1 unspecified atom stereocenters. The predicted molar refractivity (Wildman–Crippen MR) is 97.6 cm³/mol. The van der Waals surface area contributed by atoms with Gasteiger partial charge in [0.15, 0.2) is 0 Å². The van der Waals surface area contributed by atoms with Crippen LogP contribution in [0.4, 0.5) is 0 Å². The van der Waals surface area contributed by atoms with E-state index in [0.717, 1.165) is 10.4 Å². The van der Waals surface area contributed by atoms with E-state index in [1.165, 1.54) is 25.1 Å². The Morgan fingerprint density at radius 2 is 1.68 bits per heavy atom. The first-order chi connectivity index (χ1) is 11.6. The zero-order chi connectivity index (χ0) is 18.8. The van der Waals surface area contributed by atoms with Crippen LogP contribution in [0.1, 0.15) is 38.1 Å². The monoisotopic (exact) mass is 384 g/mol. The maximum absolute atomic E-state index is 12.9. The molecule has 0 aliphatic carbocycles. The van der Waals surface area contributed by atoms with E-state index in [4.69, 9.17) is 0 Å². The summed E-state index contributed by atoms with van der Waals surface area (Å²) in [4.78, 5) is 0.112. The molecule has 1 N–H and O–H groups in total. The fourth-order valence-corrected chi connectivity index (χ4v) is 6.12. The average molecular weight is 385 g/mol. The maximum atomic E-state index is 12.9. The first-order valence-electron chi connectivity index (χ1n) is 8.13. The lowest BCUT2D eigenvalue weighted by Gasteiger charge is -2.14. The molecule has 138 valence electrons. The molecule has 0 saturated heterocycles. The molecule has 1 heterocycles. The highest BCUT2D eigenvalue weighted by Gasteiger charge is 2.28. The molecule has 0 aliphatic rings. The van der Waals surface area contributed by atoms with Gasteiger partial charge in [0.25, 0.3) is 10.0 Å². The second kappa shape index (κ2) is 7.31. The van der Waals surface area contributed by atoms with Crippen LogP contribution in [0.5, 0.6) is 0 Å². The summed E-state index contributed by atoms with van der Waals surface area (Å²) in [5, 5.41) is 0. The van der Waals surface area contributed by atoms with Gasteiger partial charge in [-0.25, -0.2) is 25.5 Å². The number of benzene rings is 1. The number of aromatic nitrogens is 1. The van der Waals surface area contributed by atoms with E-state index in [1.54, 1.807) is 32.0 Å². The topological polar surface area (TPSA) is 85.2 Å². The summed E-state index contributed by atoms with van der Waals surface area (Å²) >= 11 is 0. The highest BCUT2D eigenvalue weighted by Crippen LogP contribution is 2.25. The zero-order valence-corrected chi connectivity index (χ0v) is 16.5. The van der Waals surface area contributed by atoms with Gasteiger partial charge in [0.2, 0.25) is 10.0 Å². The van der Waals surface area contributed by atoms with Gasteiger partial charge in [0.1, 0.15) is 4.90 Å². The minimum absolute atomic E-state index is 0.00698. The summed E-state index contributed by atoms with van der Waals surface area (Å²) in [6.45, 7) is 6.86. The van der Waals surface area contributed by atoms with Gasteiger partial charge in [-0.1, -0.05) is 31.5 Å². The normalized spacial score (nSPS) is 13.8. The van der Waals surface area contributed by atoms with Gasteiger partial charge < -0.3 is 0 Å². The first-order valence-corrected chi connectivity index (χ1v) is 11.1.